The van der Waals surface area contributed by atoms with Crippen molar-refractivity contribution < 1.29 is 27.8 Å². The average molecular weight is 525 g/mol. The molecule has 38 heavy (non-hydrogen) atoms. The maximum Gasteiger partial charge on any atom is 0.246 e. The molecule has 1 amide bonds. The molecule has 198 valence electrons. The molecular formula is C28H27F3N4O3. The van der Waals surface area contributed by atoms with Crippen molar-refractivity contribution in [3.05, 3.63) is 77.7 Å². The van der Waals surface area contributed by atoms with Crippen LogP contribution in [0.4, 0.5) is 19.0 Å². The zero-order valence-corrected chi connectivity index (χ0v) is 20.6. The fraction of sp³-hybridized carbons (Fsp3) is 0.321. The summed E-state index contributed by atoms with van der Waals surface area (Å²) in [5, 5.41) is 14.5. The molecule has 0 bridgehead atoms. The molecule has 0 spiro atoms. The van der Waals surface area contributed by atoms with Gasteiger partial charge in [-0.15, -0.1) is 0 Å². The molecular weight excluding hydrogens is 497 g/mol. The summed E-state index contributed by atoms with van der Waals surface area (Å²) in [5.74, 6) is -1.11. The second-order valence-electron chi connectivity index (χ2n) is 9.31. The number of aromatic nitrogens is 1. The Morgan fingerprint density at radius 3 is 2.53 bits per heavy atom. The van der Waals surface area contributed by atoms with Gasteiger partial charge in [-0.1, -0.05) is 0 Å². The summed E-state index contributed by atoms with van der Waals surface area (Å²) in [5.41, 5.74) is 1.38. The maximum absolute atomic E-state index is 14.6. The van der Waals surface area contributed by atoms with E-state index < -0.39 is 23.5 Å². The van der Waals surface area contributed by atoms with Crippen LogP contribution in [0.5, 0.6) is 5.75 Å². The normalized spacial score (nSPS) is 17.7. The zero-order valence-electron chi connectivity index (χ0n) is 20.6. The van der Waals surface area contributed by atoms with Gasteiger partial charge < -0.3 is 14.7 Å². The molecule has 2 aromatic carbocycles. The van der Waals surface area contributed by atoms with Crippen LogP contribution >= 0.6 is 0 Å². The minimum atomic E-state index is -0.688. The number of amides is 1. The van der Waals surface area contributed by atoms with Crippen molar-refractivity contribution in [3.63, 3.8) is 0 Å². The van der Waals surface area contributed by atoms with E-state index in [-0.39, 0.29) is 25.0 Å². The zero-order chi connectivity index (χ0) is 26.6. The van der Waals surface area contributed by atoms with Crippen molar-refractivity contribution in [2.75, 3.05) is 31.2 Å². The Bertz CT molecular complexity index is 1320. The molecule has 3 aromatic rings. The number of hydrogen-bond donors (Lipinski definition) is 1. The van der Waals surface area contributed by atoms with Crippen LogP contribution in [0.3, 0.4) is 0 Å². The number of aliphatic hydroxyl groups excluding tert-OH is 1. The lowest BCUT2D eigenvalue weighted by molar-refractivity contribution is -0.138. The van der Waals surface area contributed by atoms with E-state index in [1.165, 1.54) is 29.3 Å². The van der Waals surface area contributed by atoms with Crippen LogP contribution in [-0.2, 0) is 4.79 Å². The van der Waals surface area contributed by atoms with Crippen LogP contribution in [0.1, 0.15) is 30.9 Å². The molecule has 1 N–H and O–H groups in total. The summed E-state index contributed by atoms with van der Waals surface area (Å²) in [7, 11) is 0. The van der Waals surface area contributed by atoms with E-state index in [0.29, 0.717) is 60.6 Å². The van der Waals surface area contributed by atoms with Gasteiger partial charge in [-0.3, -0.25) is 4.79 Å². The van der Waals surface area contributed by atoms with Crippen LogP contribution in [0, 0.1) is 23.4 Å². The molecule has 1 atom stereocenters. The summed E-state index contributed by atoms with van der Waals surface area (Å²) >= 11 is 0. The minimum absolute atomic E-state index is 0.114. The van der Waals surface area contributed by atoms with E-state index in [4.69, 9.17) is 9.84 Å². The predicted molar refractivity (Wildman–Crippen MR) is 136 cm³/mol. The van der Waals surface area contributed by atoms with E-state index in [1.54, 1.807) is 30.6 Å². The smallest absolute Gasteiger partial charge is 0.246 e. The molecule has 5 rings (SSSR count). The van der Waals surface area contributed by atoms with Crippen LogP contribution in [0.15, 0.2) is 59.8 Å². The van der Waals surface area contributed by atoms with Crippen LogP contribution in [0.25, 0.3) is 11.1 Å². The Morgan fingerprint density at radius 2 is 1.79 bits per heavy atom. The maximum atomic E-state index is 14.6. The monoisotopic (exact) mass is 524 g/mol. The molecule has 2 aliphatic heterocycles. The fourth-order valence-corrected chi connectivity index (χ4v) is 4.95. The Morgan fingerprint density at radius 1 is 1.03 bits per heavy atom. The van der Waals surface area contributed by atoms with Crippen molar-refractivity contribution in [1.82, 2.24) is 9.99 Å². The van der Waals surface area contributed by atoms with Crippen molar-refractivity contribution in [1.29, 1.82) is 0 Å². The Balaban J connectivity index is 1.26. The molecule has 1 saturated heterocycles. The highest BCUT2D eigenvalue weighted by atomic mass is 19.1. The van der Waals surface area contributed by atoms with E-state index in [1.807, 2.05) is 4.90 Å². The summed E-state index contributed by atoms with van der Waals surface area (Å²) < 4.78 is 47.6. The van der Waals surface area contributed by atoms with E-state index in [0.717, 1.165) is 6.07 Å². The van der Waals surface area contributed by atoms with Crippen molar-refractivity contribution in [3.8, 4) is 16.9 Å². The Labute approximate surface area is 218 Å². The number of rotatable bonds is 7. The Kier molecular flexibility index (Phi) is 7.59. The fourth-order valence-electron chi connectivity index (χ4n) is 4.95. The van der Waals surface area contributed by atoms with Gasteiger partial charge in [0, 0.05) is 49.5 Å². The number of hydrogen-bond acceptors (Lipinski definition) is 6. The van der Waals surface area contributed by atoms with Gasteiger partial charge in [0.2, 0.25) is 5.91 Å². The third-order valence-electron chi connectivity index (χ3n) is 6.85. The first-order valence-corrected chi connectivity index (χ1v) is 12.5. The number of benzene rings is 2. The van der Waals surface area contributed by atoms with E-state index in [9.17, 15) is 18.0 Å². The Hall–Kier alpha value is -3.92. The average Bonchev–Trinajstić information content (AvgIpc) is 3.42. The molecule has 7 nitrogen and oxygen atoms in total. The number of piperidine rings is 1. The first kappa shape index (κ1) is 25.7. The summed E-state index contributed by atoms with van der Waals surface area (Å²) in [6.45, 7) is 1.10. The van der Waals surface area contributed by atoms with Gasteiger partial charge in [-0.2, -0.15) is 5.10 Å². The second kappa shape index (κ2) is 11.2. The largest absolute Gasteiger partial charge is 0.491 e. The second-order valence-corrected chi connectivity index (χ2v) is 9.31. The summed E-state index contributed by atoms with van der Waals surface area (Å²) in [6.07, 6.45) is 4.72. The van der Waals surface area contributed by atoms with Crippen molar-refractivity contribution >= 4 is 17.9 Å². The molecule has 1 unspecified atom stereocenters. The topological polar surface area (TPSA) is 78.3 Å². The van der Waals surface area contributed by atoms with E-state index in [2.05, 4.69) is 10.1 Å². The lowest BCUT2D eigenvalue weighted by Crippen LogP contribution is -2.41. The molecule has 0 aliphatic carbocycles. The highest BCUT2D eigenvalue weighted by molar-refractivity contribution is 5.82. The molecule has 1 aromatic heterocycles. The first-order chi connectivity index (χ1) is 18.4. The highest BCUT2D eigenvalue weighted by Crippen LogP contribution is 2.34. The number of carbonyl (C=O) groups is 1. The van der Waals surface area contributed by atoms with Crippen molar-refractivity contribution in [2.45, 2.75) is 25.3 Å². The van der Waals surface area contributed by atoms with Gasteiger partial charge in [-0.25, -0.2) is 23.2 Å². The molecule has 10 heteroatoms. The number of nitrogens with zero attached hydrogens (tertiary/aromatic N) is 4. The number of halogens is 3. The molecule has 2 aliphatic rings. The summed E-state index contributed by atoms with van der Waals surface area (Å²) in [6, 6.07) is 10.7. The van der Waals surface area contributed by atoms with Gasteiger partial charge in [-0.05, 0) is 66.4 Å². The molecule has 3 heterocycles. The molecule has 0 radical (unpaired) electrons. The van der Waals surface area contributed by atoms with Gasteiger partial charge in [0.25, 0.3) is 0 Å². The third kappa shape index (κ3) is 5.50. The van der Waals surface area contributed by atoms with E-state index >= 15 is 0 Å². The number of hydrazone groups is 1. The van der Waals surface area contributed by atoms with Crippen LogP contribution < -0.4 is 9.64 Å². The van der Waals surface area contributed by atoms with Crippen molar-refractivity contribution in [2.24, 2.45) is 11.0 Å². The number of carbonyl (C=O) groups excluding carboxylic acids is 1. The van der Waals surface area contributed by atoms with Gasteiger partial charge in [0.1, 0.15) is 35.6 Å². The van der Waals surface area contributed by atoms with Crippen LogP contribution in [0.2, 0.25) is 0 Å². The number of ether oxygens (including phenoxy) is 1. The quantitative estimate of drug-likeness (QED) is 0.484. The van der Waals surface area contributed by atoms with Crippen LogP contribution in [-0.4, -0.2) is 53.5 Å². The van der Waals surface area contributed by atoms with Gasteiger partial charge >= 0.3 is 0 Å². The molecule has 1 fully saturated rings. The lowest BCUT2D eigenvalue weighted by atomic mass is 9.94. The predicted octanol–water partition coefficient (Wildman–Crippen LogP) is 4.71. The number of pyridine rings is 1. The first-order valence-electron chi connectivity index (χ1n) is 12.5. The third-order valence-corrected chi connectivity index (χ3v) is 6.85. The highest BCUT2D eigenvalue weighted by Gasteiger charge is 2.35. The number of aliphatic hydroxyl groups is 1. The van der Waals surface area contributed by atoms with Gasteiger partial charge in [0.05, 0.1) is 12.6 Å². The summed E-state index contributed by atoms with van der Waals surface area (Å²) in [4.78, 5) is 19.8. The minimum Gasteiger partial charge on any atom is -0.491 e. The molecule has 0 saturated carbocycles. The number of anilines is 1. The standard InChI is InChI=1S/C28H27F3N4O3/c29-21-13-20(14-22(30)16-21)26-4-8-33-35(26)28(37)18-5-9-34(10-6-18)27-15-19(3-7-32-27)24-17-23(38-12-11-36)1-2-25(24)31/h1-3,7-8,13-18,26,36H,4-6,9-12H2. The lowest BCUT2D eigenvalue weighted by Gasteiger charge is -2.34. The SMILES string of the molecule is O=C(C1CCN(c2cc(-c3cc(OCCO)ccc3F)ccn2)CC1)N1N=CCC1c1cc(F)cc(F)c1. The van der Waals surface area contributed by atoms with Gasteiger partial charge in [0.15, 0.2) is 0 Å².